The number of para-hydroxylation sites is 1. The molecule has 11 heteroatoms. The van der Waals surface area contributed by atoms with E-state index >= 15 is 0 Å². The van der Waals surface area contributed by atoms with Gasteiger partial charge >= 0.3 is 4.87 Å². The topological polar surface area (TPSA) is 91.7 Å². The number of anilines is 3. The summed E-state index contributed by atoms with van der Waals surface area (Å²) in [4.78, 5) is 57.7. The second-order valence-electron chi connectivity index (χ2n) is 10.1. The largest absolute Gasteiger partial charge is 0.378 e. The maximum atomic E-state index is 13.9. The first-order valence-corrected chi connectivity index (χ1v) is 15.0. The summed E-state index contributed by atoms with van der Waals surface area (Å²) < 4.78 is 1.41. The molecule has 1 N–H and O–H groups in total. The smallest absolute Gasteiger partial charge is 0.308 e. The maximum absolute atomic E-state index is 13.9. The van der Waals surface area contributed by atoms with Crippen LogP contribution in [0.25, 0.3) is 0 Å². The van der Waals surface area contributed by atoms with Crippen molar-refractivity contribution in [2.45, 2.75) is 22.7 Å². The van der Waals surface area contributed by atoms with Crippen LogP contribution in [0.3, 0.4) is 0 Å². The molecule has 1 aromatic heterocycles. The third-order valence-electron chi connectivity index (χ3n) is 7.26. The van der Waals surface area contributed by atoms with Gasteiger partial charge in [-0.1, -0.05) is 65.0 Å². The SMILES string of the molecule is CN(C)c1ccc([C@H]2c3sc(=O)n(CC(=O)Nc4ccc(Cl)cc4)c3SC3C(=O)N(c4ccccc4)C(=O)C32)cc1. The van der Waals surface area contributed by atoms with Crippen molar-refractivity contribution in [3.8, 4) is 0 Å². The van der Waals surface area contributed by atoms with Gasteiger partial charge in [-0.25, -0.2) is 4.90 Å². The van der Waals surface area contributed by atoms with E-state index in [-0.39, 0.29) is 29.1 Å². The summed E-state index contributed by atoms with van der Waals surface area (Å²) in [6.45, 7) is -0.228. The van der Waals surface area contributed by atoms with Crippen molar-refractivity contribution < 1.29 is 14.4 Å². The fourth-order valence-corrected chi connectivity index (χ4v) is 8.20. The molecule has 4 aromatic rings. The van der Waals surface area contributed by atoms with Gasteiger partial charge in [-0.3, -0.25) is 23.7 Å². The number of aromatic nitrogens is 1. The summed E-state index contributed by atoms with van der Waals surface area (Å²) in [5, 5.41) is 3.14. The van der Waals surface area contributed by atoms with E-state index in [2.05, 4.69) is 5.32 Å². The van der Waals surface area contributed by atoms with Crippen LogP contribution in [-0.2, 0) is 20.9 Å². The van der Waals surface area contributed by atoms with E-state index in [4.69, 9.17) is 11.6 Å². The zero-order valence-electron chi connectivity index (χ0n) is 22.1. The van der Waals surface area contributed by atoms with Crippen molar-refractivity contribution in [2.75, 3.05) is 29.2 Å². The second kappa shape index (κ2) is 10.8. The van der Waals surface area contributed by atoms with E-state index in [1.165, 1.54) is 21.2 Å². The van der Waals surface area contributed by atoms with Gasteiger partial charge in [0.1, 0.15) is 11.8 Å². The van der Waals surface area contributed by atoms with E-state index < -0.39 is 17.1 Å². The number of hydrogen-bond acceptors (Lipinski definition) is 7. The Morgan fingerprint density at radius 2 is 1.61 bits per heavy atom. The minimum atomic E-state index is -0.742. The number of hydrogen-bond donors (Lipinski definition) is 1. The van der Waals surface area contributed by atoms with Crippen molar-refractivity contribution in [3.63, 3.8) is 0 Å². The number of thiazole rings is 1. The van der Waals surface area contributed by atoms with E-state index in [1.54, 1.807) is 48.5 Å². The standard InChI is InChI=1S/C30H25ClN4O4S2/c1-33(2)20-14-8-17(9-15-20)23-24-25(28(38)35(27(24)37)21-6-4-3-5-7-21)40-29-26(23)41-30(39)34(29)16-22(36)32-19-12-10-18(31)11-13-19/h3-15,23-25H,16H2,1-2H3,(H,32,36)/t23-,24?,25?/m1/s1. The van der Waals surface area contributed by atoms with Crippen LogP contribution in [0.1, 0.15) is 16.4 Å². The minimum Gasteiger partial charge on any atom is -0.378 e. The van der Waals surface area contributed by atoms with Crippen molar-refractivity contribution in [1.82, 2.24) is 4.57 Å². The second-order valence-corrected chi connectivity index (χ2v) is 12.6. The summed E-state index contributed by atoms with van der Waals surface area (Å²) in [6.07, 6.45) is 0. The lowest BCUT2D eigenvalue weighted by Crippen LogP contribution is -2.33. The van der Waals surface area contributed by atoms with Crippen LogP contribution in [0.4, 0.5) is 17.1 Å². The van der Waals surface area contributed by atoms with Crippen LogP contribution in [0.15, 0.2) is 88.7 Å². The number of carbonyl (C=O) groups excluding carboxylic acids is 3. The van der Waals surface area contributed by atoms with Gasteiger partial charge in [0, 0.05) is 41.3 Å². The summed E-state index contributed by atoms with van der Waals surface area (Å²) >= 11 is 8.17. The normalized spacial score (nSPS) is 19.6. The average Bonchev–Trinajstić information content (AvgIpc) is 3.41. The van der Waals surface area contributed by atoms with E-state index in [1.807, 2.05) is 49.3 Å². The molecule has 2 aliphatic heterocycles. The van der Waals surface area contributed by atoms with Gasteiger partial charge in [0.05, 0.1) is 16.6 Å². The zero-order valence-corrected chi connectivity index (χ0v) is 24.5. The quantitative estimate of drug-likeness (QED) is 0.309. The van der Waals surface area contributed by atoms with Crippen LogP contribution >= 0.6 is 34.7 Å². The lowest BCUT2D eigenvalue weighted by molar-refractivity contribution is -0.122. The van der Waals surface area contributed by atoms with Crippen molar-refractivity contribution in [2.24, 2.45) is 5.92 Å². The molecule has 0 bridgehead atoms. The first kappa shape index (κ1) is 27.3. The van der Waals surface area contributed by atoms with Crippen LogP contribution in [0.5, 0.6) is 0 Å². The molecular weight excluding hydrogens is 580 g/mol. The van der Waals surface area contributed by atoms with Gasteiger partial charge in [0.2, 0.25) is 17.7 Å². The highest BCUT2D eigenvalue weighted by atomic mass is 35.5. The highest BCUT2D eigenvalue weighted by Gasteiger charge is 2.56. The Balaban J connectivity index is 1.41. The fourth-order valence-electron chi connectivity index (χ4n) is 5.30. The van der Waals surface area contributed by atoms with Gasteiger partial charge in [0.15, 0.2) is 0 Å². The molecule has 3 amide bonds. The molecule has 8 nitrogen and oxygen atoms in total. The molecule has 0 saturated carbocycles. The summed E-state index contributed by atoms with van der Waals surface area (Å²) in [6, 6.07) is 23.4. The van der Waals surface area contributed by atoms with Crippen molar-refractivity contribution >= 4 is 69.5 Å². The lowest BCUT2D eigenvalue weighted by Gasteiger charge is -2.31. The number of nitrogens with one attached hydrogen (secondary N) is 1. The van der Waals surface area contributed by atoms with Gasteiger partial charge in [-0.2, -0.15) is 0 Å². The van der Waals surface area contributed by atoms with Gasteiger partial charge < -0.3 is 10.2 Å². The lowest BCUT2D eigenvalue weighted by atomic mass is 9.83. The fraction of sp³-hybridized carbons (Fsp3) is 0.200. The van der Waals surface area contributed by atoms with Crippen molar-refractivity contribution in [3.05, 3.63) is 104 Å². The Labute approximate surface area is 249 Å². The summed E-state index contributed by atoms with van der Waals surface area (Å²) in [5.74, 6) is -2.22. The Morgan fingerprint density at radius 3 is 2.27 bits per heavy atom. The molecule has 1 saturated heterocycles. The van der Waals surface area contributed by atoms with Gasteiger partial charge in [0.25, 0.3) is 0 Å². The van der Waals surface area contributed by atoms with Crippen LogP contribution in [0, 0.1) is 5.92 Å². The minimum absolute atomic E-state index is 0.228. The molecule has 0 aliphatic carbocycles. The molecule has 3 heterocycles. The Hall–Kier alpha value is -3.86. The van der Waals surface area contributed by atoms with Gasteiger partial charge in [-0.05, 0) is 54.1 Å². The molecule has 41 heavy (non-hydrogen) atoms. The first-order valence-electron chi connectivity index (χ1n) is 12.9. The molecular formula is C30H25ClN4O4S2. The van der Waals surface area contributed by atoms with Crippen molar-refractivity contribution in [1.29, 1.82) is 0 Å². The number of halogens is 1. The molecule has 3 atom stereocenters. The molecule has 0 radical (unpaired) electrons. The molecule has 208 valence electrons. The molecule has 2 aliphatic rings. The number of amides is 3. The number of imide groups is 1. The van der Waals surface area contributed by atoms with E-state index in [0.29, 0.717) is 26.3 Å². The Morgan fingerprint density at radius 1 is 0.927 bits per heavy atom. The maximum Gasteiger partial charge on any atom is 0.308 e. The number of fused-ring (bicyclic) bond motifs is 2. The number of thioether (sulfide) groups is 1. The third kappa shape index (κ3) is 4.96. The third-order valence-corrected chi connectivity index (χ3v) is 10.1. The zero-order chi connectivity index (χ0) is 28.8. The van der Waals surface area contributed by atoms with E-state index in [9.17, 15) is 19.2 Å². The summed E-state index contributed by atoms with van der Waals surface area (Å²) in [7, 11) is 3.89. The Bertz CT molecular complexity index is 1700. The number of benzene rings is 3. The predicted molar refractivity (Wildman–Crippen MR) is 163 cm³/mol. The highest BCUT2D eigenvalue weighted by molar-refractivity contribution is 8.00. The average molecular weight is 605 g/mol. The highest BCUT2D eigenvalue weighted by Crippen LogP contribution is 2.54. The molecule has 6 rings (SSSR count). The Kier molecular flexibility index (Phi) is 7.23. The molecule has 0 spiro atoms. The molecule has 3 aromatic carbocycles. The van der Waals surface area contributed by atoms with E-state index in [0.717, 1.165) is 22.6 Å². The van der Waals surface area contributed by atoms with Gasteiger partial charge in [-0.15, -0.1) is 0 Å². The summed E-state index contributed by atoms with van der Waals surface area (Å²) in [5.41, 5.74) is 2.89. The molecule has 2 unspecified atom stereocenters. The number of rotatable bonds is 6. The molecule has 1 fully saturated rings. The van der Waals surface area contributed by atoms with Crippen LogP contribution in [-0.4, -0.2) is 41.6 Å². The van der Waals surface area contributed by atoms with Crippen LogP contribution in [0.2, 0.25) is 5.02 Å². The monoisotopic (exact) mass is 604 g/mol. The van der Waals surface area contributed by atoms with Crippen LogP contribution < -0.4 is 20.0 Å². The predicted octanol–water partition coefficient (Wildman–Crippen LogP) is 5.06. The number of carbonyl (C=O) groups is 3. The number of nitrogens with zero attached hydrogens (tertiary/aromatic N) is 3. The first-order chi connectivity index (χ1) is 19.7.